The molecule has 0 radical (unpaired) electrons. The molecule has 52 valence electrons. The Bertz CT molecular complexity index is 121. The topological polar surface area (TPSA) is 12.4 Å². The second-order valence-electron chi connectivity index (χ2n) is 2.47. The van der Waals surface area contributed by atoms with Crippen LogP contribution < -0.4 is 0 Å². The van der Waals surface area contributed by atoms with Gasteiger partial charge in [-0.15, -0.1) is 0 Å². The largest absolute Gasteiger partial charge is 0.293 e. The summed E-state index contributed by atoms with van der Waals surface area (Å²) in [6.45, 7) is 6.30. The second-order valence-corrected chi connectivity index (χ2v) is 2.47. The van der Waals surface area contributed by atoms with Crippen LogP contribution in [0.4, 0.5) is 0 Å². The maximum absolute atomic E-state index is 3.99. The van der Waals surface area contributed by atoms with Crippen molar-refractivity contribution in [2.45, 2.75) is 20.8 Å². The van der Waals surface area contributed by atoms with Crippen molar-refractivity contribution < 1.29 is 0 Å². The third-order valence-electron chi connectivity index (χ3n) is 1.08. The smallest absolute Gasteiger partial charge is 0.0310 e. The molecule has 0 aliphatic heterocycles. The lowest BCUT2D eigenvalue weighted by atomic mass is 10.2. The first-order chi connectivity index (χ1) is 4.16. The van der Waals surface area contributed by atoms with E-state index < -0.39 is 0 Å². The fourth-order valence-electron chi connectivity index (χ4n) is 0.406. The van der Waals surface area contributed by atoms with E-state index in [0.717, 1.165) is 5.71 Å². The maximum Gasteiger partial charge on any atom is 0.0310 e. The van der Waals surface area contributed by atoms with Crippen molar-refractivity contribution in [1.82, 2.24) is 0 Å². The summed E-state index contributed by atoms with van der Waals surface area (Å²) in [5.41, 5.74) is 1.09. The van der Waals surface area contributed by atoms with Crippen LogP contribution in [0.2, 0.25) is 0 Å². The molecular formula is C8H15N. The molecule has 9 heavy (non-hydrogen) atoms. The summed E-state index contributed by atoms with van der Waals surface area (Å²) in [5, 5.41) is 0. The second kappa shape index (κ2) is 4.30. The van der Waals surface area contributed by atoms with Crippen molar-refractivity contribution in [3.63, 3.8) is 0 Å². The minimum Gasteiger partial charge on any atom is -0.293 e. The SMILES string of the molecule is CN=C(C)/C=C\C(C)C. The lowest BCUT2D eigenvalue weighted by Gasteiger charge is -1.91. The van der Waals surface area contributed by atoms with Gasteiger partial charge in [0, 0.05) is 12.8 Å². The minimum absolute atomic E-state index is 0.627. The van der Waals surface area contributed by atoms with Crippen LogP contribution in [-0.4, -0.2) is 12.8 Å². The third kappa shape index (κ3) is 5.28. The van der Waals surface area contributed by atoms with Gasteiger partial charge < -0.3 is 0 Å². The van der Waals surface area contributed by atoms with Crippen molar-refractivity contribution >= 4 is 5.71 Å². The molecule has 0 aromatic carbocycles. The van der Waals surface area contributed by atoms with E-state index in [-0.39, 0.29) is 0 Å². The molecule has 0 fully saturated rings. The monoisotopic (exact) mass is 125 g/mol. The van der Waals surface area contributed by atoms with Gasteiger partial charge in [0.25, 0.3) is 0 Å². The standard InChI is InChI=1S/C8H15N/c1-7(2)5-6-8(3)9-4/h5-7H,1-4H3/b6-5-,9-8?. The number of allylic oxidation sites excluding steroid dienone is 2. The molecule has 0 amide bonds. The molecule has 0 spiro atoms. The fourth-order valence-corrected chi connectivity index (χ4v) is 0.406. The van der Waals surface area contributed by atoms with E-state index in [4.69, 9.17) is 0 Å². The Hall–Kier alpha value is -0.590. The van der Waals surface area contributed by atoms with Gasteiger partial charge in [-0.05, 0) is 18.9 Å². The normalized spacial score (nSPS) is 13.7. The third-order valence-corrected chi connectivity index (χ3v) is 1.08. The molecule has 0 aliphatic rings. The molecule has 0 aromatic rings. The van der Waals surface area contributed by atoms with Crippen LogP contribution in [0.25, 0.3) is 0 Å². The average molecular weight is 125 g/mol. The van der Waals surface area contributed by atoms with Crippen molar-refractivity contribution in [3.05, 3.63) is 12.2 Å². The van der Waals surface area contributed by atoms with Gasteiger partial charge in [0.05, 0.1) is 0 Å². The maximum atomic E-state index is 3.99. The van der Waals surface area contributed by atoms with Gasteiger partial charge in [0.1, 0.15) is 0 Å². The van der Waals surface area contributed by atoms with Crippen LogP contribution in [0.1, 0.15) is 20.8 Å². The lowest BCUT2D eigenvalue weighted by molar-refractivity contribution is 0.832. The summed E-state index contributed by atoms with van der Waals surface area (Å²) in [6.07, 6.45) is 4.19. The molecule has 0 rings (SSSR count). The number of aliphatic imine (C=N–C) groups is 1. The van der Waals surface area contributed by atoms with E-state index in [2.05, 4.69) is 24.9 Å². The van der Waals surface area contributed by atoms with Crippen molar-refractivity contribution in [1.29, 1.82) is 0 Å². The summed E-state index contributed by atoms with van der Waals surface area (Å²) < 4.78 is 0. The molecule has 0 saturated carbocycles. The molecule has 0 heterocycles. The van der Waals surface area contributed by atoms with Crippen LogP contribution in [0.5, 0.6) is 0 Å². The quantitative estimate of drug-likeness (QED) is 0.502. The molecule has 0 aliphatic carbocycles. The Morgan fingerprint density at radius 1 is 1.44 bits per heavy atom. The van der Waals surface area contributed by atoms with Crippen LogP contribution >= 0.6 is 0 Å². The first-order valence-electron chi connectivity index (χ1n) is 3.28. The van der Waals surface area contributed by atoms with Gasteiger partial charge in [-0.3, -0.25) is 4.99 Å². The van der Waals surface area contributed by atoms with E-state index >= 15 is 0 Å². The van der Waals surface area contributed by atoms with E-state index in [1.165, 1.54) is 0 Å². The van der Waals surface area contributed by atoms with Crippen molar-refractivity contribution in [2.75, 3.05) is 7.05 Å². The molecule has 0 N–H and O–H groups in total. The Labute approximate surface area is 57.5 Å². The Morgan fingerprint density at radius 2 is 2.00 bits per heavy atom. The number of hydrogen-bond acceptors (Lipinski definition) is 1. The Kier molecular flexibility index (Phi) is 4.02. The summed E-state index contributed by atoms with van der Waals surface area (Å²) >= 11 is 0. The van der Waals surface area contributed by atoms with Crippen LogP contribution in [0.3, 0.4) is 0 Å². The molecular weight excluding hydrogens is 110 g/mol. The molecule has 0 bridgehead atoms. The molecule has 1 nitrogen and oxygen atoms in total. The van der Waals surface area contributed by atoms with Crippen molar-refractivity contribution in [3.8, 4) is 0 Å². The highest BCUT2D eigenvalue weighted by molar-refractivity contribution is 5.92. The number of hydrogen-bond donors (Lipinski definition) is 0. The molecule has 0 saturated heterocycles. The van der Waals surface area contributed by atoms with E-state index in [1.54, 1.807) is 7.05 Å². The van der Waals surface area contributed by atoms with E-state index in [0.29, 0.717) is 5.92 Å². The molecule has 1 heteroatoms. The van der Waals surface area contributed by atoms with Crippen LogP contribution in [0, 0.1) is 5.92 Å². The zero-order valence-corrected chi connectivity index (χ0v) is 6.68. The van der Waals surface area contributed by atoms with Gasteiger partial charge in [-0.25, -0.2) is 0 Å². The lowest BCUT2D eigenvalue weighted by Crippen LogP contribution is -1.85. The minimum atomic E-state index is 0.627. The summed E-state index contributed by atoms with van der Waals surface area (Å²) in [4.78, 5) is 3.99. The highest BCUT2D eigenvalue weighted by Crippen LogP contribution is 1.93. The number of nitrogens with zero attached hydrogens (tertiary/aromatic N) is 1. The zero-order chi connectivity index (χ0) is 7.28. The van der Waals surface area contributed by atoms with E-state index in [9.17, 15) is 0 Å². The Morgan fingerprint density at radius 3 is 2.33 bits per heavy atom. The summed E-state index contributed by atoms with van der Waals surface area (Å²) in [5.74, 6) is 0.627. The predicted molar refractivity (Wildman–Crippen MR) is 43.0 cm³/mol. The van der Waals surface area contributed by atoms with Gasteiger partial charge in [0.2, 0.25) is 0 Å². The van der Waals surface area contributed by atoms with Gasteiger partial charge in [-0.2, -0.15) is 0 Å². The molecule has 0 aromatic heterocycles. The number of rotatable bonds is 2. The first-order valence-corrected chi connectivity index (χ1v) is 3.28. The van der Waals surface area contributed by atoms with Crippen LogP contribution in [-0.2, 0) is 0 Å². The predicted octanol–water partition coefficient (Wildman–Crippen LogP) is 2.29. The van der Waals surface area contributed by atoms with Crippen LogP contribution in [0.15, 0.2) is 17.1 Å². The van der Waals surface area contributed by atoms with Gasteiger partial charge in [-0.1, -0.05) is 19.9 Å². The molecule has 0 atom stereocenters. The fraction of sp³-hybridized carbons (Fsp3) is 0.625. The average Bonchev–Trinajstić information content (AvgIpc) is 1.83. The van der Waals surface area contributed by atoms with E-state index in [1.807, 2.05) is 13.0 Å². The van der Waals surface area contributed by atoms with Crippen molar-refractivity contribution in [2.24, 2.45) is 10.9 Å². The van der Waals surface area contributed by atoms with Gasteiger partial charge in [0.15, 0.2) is 0 Å². The highest BCUT2D eigenvalue weighted by atomic mass is 14.7. The molecule has 0 unspecified atom stereocenters. The van der Waals surface area contributed by atoms with Gasteiger partial charge >= 0.3 is 0 Å². The summed E-state index contributed by atoms with van der Waals surface area (Å²) in [7, 11) is 1.81. The zero-order valence-electron chi connectivity index (χ0n) is 6.68. The Balaban J connectivity index is 3.71. The first kappa shape index (κ1) is 8.41. The highest BCUT2D eigenvalue weighted by Gasteiger charge is 1.83. The summed E-state index contributed by atoms with van der Waals surface area (Å²) in [6, 6.07) is 0.